The van der Waals surface area contributed by atoms with Gasteiger partial charge in [-0.2, -0.15) is 0 Å². The first-order valence-electron chi connectivity index (χ1n) is 33.7. The van der Waals surface area contributed by atoms with Crippen molar-refractivity contribution in [1.82, 2.24) is 36.0 Å². The number of amides is 2. The highest BCUT2D eigenvalue weighted by atomic mass is 16.2. The molecule has 9 aromatic carbocycles. The number of hydrogen-bond donors (Lipinski definition) is 4. The van der Waals surface area contributed by atoms with Crippen molar-refractivity contribution in [3.05, 3.63) is 323 Å². The number of rotatable bonds is 24. The van der Waals surface area contributed by atoms with E-state index in [-0.39, 0.29) is 24.7 Å². The lowest BCUT2D eigenvalue weighted by molar-refractivity contribution is -0.137. The van der Waals surface area contributed by atoms with Crippen LogP contribution < -0.4 is 21.3 Å². The van der Waals surface area contributed by atoms with Crippen molar-refractivity contribution in [2.45, 2.75) is 87.2 Å². The summed E-state index contributed by atoms with van der Waals surface area (Å²) in [7, 11) is 0. The zero-order valence-electron chi connectivity index (χ0n) is 53.4. The van der Waals surface area contributed by atoms with Crippen molar-refractivity contribution < 1.29 is 9.59 Å². The molecule has 4 N–H and O–H groups in total. The van der Waals surface area contributed by atoms with Crippen molar-refractivity contribution >= 4 is 11.8 Å². The van der Waals surface area contributed by atoms with Crippen LogP contribution in [0.4, 0.5) is 0 Å². The highest BCUT2D eigenvalue weighted by Crippen LogP contribution is 2.40. The molecule has 1 aliphatic rings. The van der Waals surface area contributed by atoms with E-state index in [9.17, 15) is 9.59 Å². The van der Waals surface area contributed by atoms with Gasteiger partial charge in [0, 0.05) is 39.0 Å². The Morgan fingerprint density at radius 2 is 0.505 bits per heavy atom. The van der Waals surface area contributed by atoms with Crippen molar-refractivity contribution in [3.8, 4) is 0 Å². The van der Waals surface area contributed by atoms with E-state index in [4.69, 9.17) is 0 Å². The predicted octanol–water partition coefficient (Wildman–Crippen LogP) is 14.6. The van der Waals surface area contributed by atoms with E-state index in [1.807, 2.05) is 4.90 Å². The molecule has 0 saturated carbocycles. The van der Waals surface area contributed by atoms with Gasteiger partial charge in [0.1, 0.15) is 0 Å². The smallest absolute Gasteiger partial charge is 0.223 e. The number of nitrogens with zero attached hydrogens (tertiary/aromatic N) is 3. The fourth-order valence-electron chi connectivity index (χ4n) is 13.8. The van der Waals surface area contributed by atoms with E-state index in [0.717, 1.165) is 130 Å². The third kappa shape index (κ3) is 17.2. The average molecular weight is 1210 g/mol. The molecule has 0 unspecified atom stereocenters. The van der Waals surface area contributed by atoms with Crippen LogP contribution >= 0.6 is 0 Å². The van der Waals surface area contributed by atoms with Crippen LogP contribution in [0.1, 0.15) is 121 Å². The molecule has 0 aliphatic carbocycles. The maximum absolute atomic E-state index is 14.9. The summed E-state index contributed by atoms with van der Waals surface area (Å²) in [5.41, 5.74) is 8.91. The molecular weight excluding hydrogens is 1110 g/mol. The quantitative estimate of drug-likeness (QED) is 0.0354. The Hall–Kier alpha value is -8.28. The molecule has 0 atom stereocenters. The molecule has 1 aliphatic heterocycles. The second-order valence-electron chi connectivity index (χ2n) is 24.4. The molecular formula is C82H95N7O2. The molecule has 9 heteroatoms. The van der Waals surface area contributed by atoms with Gasteiger partial charge in [-0.3, -0.25) is 25.5 Å². The fourth-order valence-corrected chi connectivity index (χ4v) is 13.8. The number of hydrogen-bond acceptors (Lipinski definition) is 7. The molecule has 1 heterocycles. The minimum absolute atomic E-state index is 0.0500. The Morgan fingerprint density at radius 3 is 0.769 bits per heavy atom. The van der Waals surface area contributed by atoms with Crippen LogP contribution in [-0.2, 0) is 26.2 Å². The molecule has 0 radical (unpaired) electrons. The summed E-state index contributed by atoms with van der Waals surface area (Å²) in [6.45, 7) is 9.49. The van der Waals surface area contributed by atoms with Gasteiger partial charge in [0.05, 0.1) is 16.6 Å². The zero-order valence-corrected chi connectivity index (χ0v) is 53.4. The highest BCUT2D eigenvalue weighted by molar-refractivity contribution is 5.84. The van der Waals surface area contributed by atoms with Crippen molar-refractivity contribution in [2.75, 3.05) is 78.5 Å². The Bertz CT molecular complexity index is 3190. The molecule has 9 nitrogen and oxygen atoms in total. The number of carbonyl (C=O) groups excluding carboxylic acids is 2. The molecule has 0 aromatic heterocycles. The lowest BCUT2D eigenvalue weighted by Gasteiger charge is -2.37. The van der Waals surface area contributed by atoms with Gasteiger partial charge in [-0.25, -0.2) is 0 Å². The van der Waals surface area contributed by atoms with Gasteiger partial charge in [0.15, 0.2) is 0 Å². The van der Waals surface area contributed by atoms with E-state index in [0.29, 0.717) is 39.3 Å². The minimum Gasteiger partial charge on any atom is -0.343 e. The summed E-state index contributed by atoms with van der Waals surface area (Å²) in [5, 5.41) is 16.0. The van der Waals surface area contributed by atoms with Crippen LogP contribution in [-0.4, -0.2) is 105 Å². The SMILES string of the molecule is O=C1CCC(=O)N(CCCNC(c2ccccc2)(c2ccccc2)c2ccccc2)CCCCN(CCCNC(c2ccccc2)(c2ccccc2)c2ccccc2)CCCCNCCCCN1CCCNC(c1ccccc1)(c1ccccc1)c1ccccc1. The Kier molecular flexibility index (Phi) is 25.1. The summed E-state index contributed by atoms with van der Waals surface area (Å²) in [5.74, 6) is 0.101. The second kappa shape index (κ2) is 34.8. The van der Waals surface area contributed by atoms with Crippen LogP contribution in [0.2, 0.25) is 0 Å². The molecule has 0 bridgehead atoms. The molecule has 91 heavy (non-hydrogen) atoms. The van der Waals surface area contributed by atoms with Gasteiger partial charge in [0.25, 0.3) is 0 Å². The maximum atomic E-state index is 14.9. The molecule has 470 valence electrons. The van der Waals surface area contributed by atoms with Crippen molar-refractivity contribution in [2.24, 2.45) is 0 Å². The van der Waals surface area contributed by atoms with Gasteiger partial charge in [-0.05, 0) is 160 Å². The number of nitrogens with one attached hydrogen (secondary N) is 4. The largest absolute Gasteiger partial charge is 0.343 e. The second-order valence-corrected chi connectivity index (χ2v) is 24.4. The number of carbonyl (C=O) groups is 2. The maximum Gasteiger partial charge on any atom is 0.223 e. The highest BCUT2D eigenvalue weighted by Gasteiger charge is 2.38. The summed E-state index contributed by atoms with van der Waals surface area (Å²) in [6, 6.07) is 97.0. The molecule has 0 spiro atoms. The van der Waals surface area contributed by atoms with Crippen LogP contribution in [0.15, 0.2) is 273 Å². The first-order chi connectivity index (χ1) is 45.0. The third-order valence-corrected chi connectivity index (χ3v) is 18.4. The van der Waals surface area contributed by atoms with Crippen LogP contribution in [0.5, 0.6) is 0 Å². The lowest BCUT2D eigenvalue weighted by atomic mass is 9.77. The fraction of sp³-hybridized carbons (Fsp3) is 0.317. The predicted molar refractivity (Wildman–Crippen MR) is 375 cm³/mol. The standard InChI is InChI=1S/C82H95N7O2/c90-78-55-56-79(91)89(68-36-61-86-82(75-49-22-7-23-50-75,76-51-24-8-25-52-76)77-53-26-9-27-54-77)66-33-32-63-87(64-34-59-84-80(69-37-10-1-11-38-69,70-39-12-2-13-40-70)71-41-14-3-15-42-71)62-30-28-57-83-58-29-31-65-88(78)67-35-60-85-81(72-43-16-4-17-44-72,73-45-18-5-19-46-73)74-47-20-6-21-48-74/h1-27,37-54,83-86H,28-36,55-68H2. The van der Waals surface area contributed by atoms with Crippen LogP contribution in [0.25, 0.3) is 0 Å². The third-order valence-electron chi connectivity index (χ3n) is 18.4. The Labute approximate surface area is 543 Å². The van der Waals surface area contributed by atoms with Crippen molar-refractivity contribution in [1.29, 1.82) is 0 Å². The first kappa shape index (κ1) is 65.7. The Balaban J connectivity index is 0.842. The van der Waals surface area contributed by atoms with E-state index in [1.54, 1.807) is 0 Å². The van der Waals surface area contributed by atoms with Crippen LogP contribution in [0, 0.1) is 0 Å². The molecule has 9 aromatic rings. The summed E-state index contributed by atoms with van der Waals surface area (Å²) < 4.78 is 0. The van der Waals surface area contributed by atoms with E-state index < -0.39 is 16.6 Å². The van der Waals surface area contributed by atoms with Gasteiger partial charge in [-0.1, -0.05) is 273 Å². The van der Waals surface area contributed by atoms with Gasteiger partial charge < -0.3 is 20.0 Å². The molecule has 10 rings (SSSR count). The van der Waals surface area contributed by atoms with E-state index >= 15 is 0 Å². The monoisotopic (exact) mass is 1210 g/mol. The van der Waals surface area contributed by atoms with Crippen molar-refractivity contribution in [3.63, 3.8) is 0 Å². The van der Waals surface area contributed by atoms with Gasteiger partial charge >= 0.3 is 0 Å². The van der Waals surface area contributed by atoms with Crippen LogP contribution in [0.3, 0.4) is 0 Å². The summed E-state index contributed by atoms with van der Waals surface area (Å²) in [6.07, 6.45) is 8.75. The average Bonchev–Trinajstić information content (AvgIpc) is 1.27. The normalized spacial score (nSPS) is 15.1. The van der Waals surface area contributed by atoms with E-state index in [1.165, 1.54) is 16.7 Å². The minimum atomic E-state index is -0.613. The lowest BCUT2D eigenvalue weighted by Crippen LogP contribution is -2.46. The zero-order chi connectivity index (χ0) is 62.5. The molecule has 1 fully saturated rings. The summed E-state index contributed by atoms with van der Waals surface area (Å²) >= 11 is 0. The number of benzene rings is 9. The summed E-state index contributed by atoms with van der Waals surface area (Å²) in [4.78, 5) is 36.4. The van der Waals surface area contributed by atoms with Gasteiger partial charge in [-0.15, -0.1) is 0 Å². The van der Waals surface area contributed by atoms with E-state index in [2.05, 4.69) is 304 Å². The molecule has 1 saturated heterocycles. The Morgan fingerprint density at radius 1 is 0.286 bits per heavy atom. The first-order valence-corrected chi connectivity index (χ1v) is 33.7. The van der Waals surface area contributed by atoms with Gasteiger partial charge in [0.2, 0.25) is 11.8 Å². The molecule has 2 amide bonds. The topological polar surface area (TPSA) is 92.0 Å².